The monoisotopic (exact) mass is 486 g/mol. The molecule has 174 valence electrons. The number of benzene rings is 3. The van der Waals surface area contributed by atoms with E-state index < -0.39 is 6.36 Å². The van der Waals surface area contributed by atoms with Gasteiger partial charge in [0.1, 0.15) is 5.75 Å². The molecule has 2 atom stereocenters. The Morgan fingerprint density at radius 1 is 1.00 bits per heavy atom. The molecule has 1 aliphatic heterocycles. The number of rotatable bonds is 5. The van der Waals surface area contributed by atoms with Crippen molar-refractivity contribution in [2.75, 3.05) is 18.0 Å². The van der Waals surface area contributed by atoms with E-state index in [-0.39, 0.29) is 42.6 Å². The number of alkyl halides is 3. The molecule has 0 unspecified atom stereocenters. The Hall–Kier alpha value is -2.15. The van der Waals surface area contributed by atoms with E-state index in [1.807, 2.05) is 12.1 Å². The number of hydrogen-bond acceptors (Lipinski definition) is 3. The molecule has 0 aromatic heterocycles. The van der Waals surface area contributed by atoms with E-state index in [9.17, 15) is 13.2 Å². The van der Waals surface area contributed by atoms with E-state index in [0.717, 1.165) is 31.6 Å². The number of anilines is 1. The molecule has 8 heteroatoms. The molecule has 0 spiro atoms. The van der Waals surface area contributed by atoms with Crippen LogP contribution in [-0.4, -0.2) is 25.5 Å². The van der Waals surface area contributed by atoms with Gasteiger partial charge in [0.05, 0.1) is 0 Å². The molecule has 3 aromatic rings. The summed E-state index contributed by atoms with van der Waals surface area (Å²) >= 11 is 0. The van der Waals surface area contributed by atoms with Gasteiger partial charge in [-0.05, 0) is 48.2 Å². The normalized spacial score (nSPS) is 17.2. The lowest BCUT2D eigenvalue weighted by Gasteiger charge is -2.36. The van der Waals surface area contributed by atoms with Crippen LogP contribution in [-0.2, 0) is 0 Å². The number of nitrogens with zero attached hydrogens (tertiary/aromatic N) is 1. The molecule has 3 nitrogen and oxygen atoms in total. The van der Waals surface area contributed by atoms with Gasteiger partial charge in [0.25, 0.3) is 0 Å². The Morgan fingerprint density at radius 3 is 2.50 bits per heavy atom. The summed E-state index contributed by atoms with van der Waals surface area (Å²) in [5, 5.41) is 6.19. The first-order valence-electron chi connectivity index (χ1n) is 10.2. The van der Waals surface area contributed by atoms with Gasteiger partial charge in [0.2, 0.25) is 0 Å². The minimum absolute atomic E-state index is 0. The van der Waals surface area contributed by atoms with Crippen LogP contribution in [0.3, 0.4) is 0 Å². The molecule has 0 amide bonds. The van der Waals surface area contributed by atoms with Crippen LogP contribution < -0.4 is 15.0 Å². The van der Waals surface area contributed by atoms with Crippen LogP contribution in [0.1, 0.15) is 31.4 Å². The molecule has 1 N–H and O–H groups in total. The maximum absolute atomic E-state index is 12.5. The second-order valence-corrected chi connectivity index (χ2v) is 7.79. The summed E-state index contributed by atoms with van der Waals surface area (Å²) in [6.45, 7) is 3.72. The van der Waals surface area contributed by atoms with Crippen LogP contribution in [0.4, 0.5) is 18.9 Å². The quantitative estimate of drug-likeness (QED) is 0.424. The van der Waals surface area contributed by atoms with Crippen molar-refractivity contribution in [3.63, 3.8) is 0 Å². The van der Waals surface area contributed by atoms with E-state index in [0.29, 0.717) is 0 Å². The van der Waals surface area contributed by atoms with Gasteiger partial charge in [-0.3, -0.25) is 0 Å². The molecule has 0 aliphatic carbocycles. The van der Waals surface area contributed by atoms with Crippen LogP contribution in [0.5, 0.6) is 5.75 Å². The Kier molecular flexibility index (Phi) is 9.08. The Bertz CT molecular complexity index is 1010. The summed E-state index contributed by atoms with van der Waals surface area (Å²) < 4.78 is 41.7. The number of halogens is 5. The fraction of sp³-hybridized carbons (Fsp3) is 0.333. The summed E-state index contributed by atoms with van der Waals surface area (Å²) in [7, 11) is 0. The Morgan fingerprint density at radius 2 is 1.72 bits per heavy atom. The molecule has 1 saturated heterocycles. The van der Waals surface area contributed by atoms with E-state index in [1.54, 1.807) is 6.07 Å². The molecule has 0 saturated carbocycles. The predicted molar refractivity (Wildman–Crippen MR) is 128 cm³/mol. The lowest BCUT2D eigenvalue weighted by Crippen LogP contribution is -2.46. The van der Waals surface area contributed by atoms with Crippen molar-refractivity contribution < 1.29 is 17.9 Å². The highest BCUT2D eigenvalue weighted by atomic mass is 35.5. The lowest BCUT2D eigenvalue weighted by atomic mass is 9.97. The minimum atomic E-state index is -4.68. The van der Waals surface area contributed by atoms with Crippen molar-refractivity contribution in [1.82, 2.24) is 5.32 Å². The van der Waals surface area contributed by atoms with Gasteiger partial charge >= 0.3 is 6.36 Å². The summed E-state index contributed by atoms with van der Waals surface area (Å²) in [6, 6.07) is 21.3. The Balaban J connectivity index is 0.00000181. The van der Waals surface area contributed by atoms with Gasteiger partial charge in [-0.1, -0.05) is 48.5 Å². The van der Waals surface area contributed by atoms with Crippen molar-refractivity contribution in [3.05, 3.63) is 72.3 Å². The van der Waals surface area contributed by atoms with E-state index in [1.165, 1.54) is 28.5 Å². The zero-order valence-corrected chi connectivity index (χ0v) is 19.3. The van der Waals surface area contributed by atoms with Crippen LogP contribution in [0.15, 0.2) is 66.7 Å². The number of nitrogens with one attached hydrogen (secondary N) is 1. The molecular formula is C24H27Cl2F3N2O. The topological polar surface area (TPSA) is 24.5 Å². The molecule has 3 aromatic carbocycles. The van der Waals surface area contributed by atoms with Gasteiger partial charge in [-0.25, -0.2) is 0 Å². The summed E-state index contributed by atoms with van der Waals surface area (Å²) in [5.41, 5.74) is 2.01. The average molecular weight is 487 g/mol. The van der Waals surface area contributed by atoms with Gasteiger partial charge < -0.3 is 15.0 Å². The van der Waals surface area contributed by atoms with Crippen LogP contribution in [0, 0.1) is 0 Å². The molecule has 1 fully saturated rings. The zero-order valence-electron chi connectivity index (χ0n) is 17.6. The molecule has 1 aliphatic rings. The fourth-order valence-corrected chi connectivity index (χ4v) is 4.30. The first-order valence-corrected chi connectivity index (χ1v) is 10.2. The Labute approximate surface area is 198 Å². The maximum atomic E-state index is 12.5. The number of hydrogen-bond donors (Lipinski definition) is 1. The van der Waals surface area contributed by atoms with Crippen LogP contribution >= 0.6 is 24.8 Å². The third kappa shape index (κ3) is 6.44. The minimum Gasteiger partial charge on any atom is -0.406 e. The standard InChI is InChI=1S/C24H25F3N2O.2ClH/c1-17(22-13-4-8-18-7-2-3-12-23(18)22)28-19-9-6-14-29(16-19)20-10-5-11-21(15-20)30-24(25,26)27;;/h2-5,7-8,10-13,15,17,19,28H,6,9,14,16H2,1H3;2*1H/t17-,19-;;/m1../s1. The van der Waals surface area contributed by atoms with E-state index >= 15 is 0 Å². The largest absolute Gasteiger partial charge is 0.573 e. The average Bonchev–Trinajstić information content (AvgIpc) is 2.72. The number of piperidine rings is 1. The van der Waals surface area contributed by atoms with Crippen molar-refractivity contribution in [3.8, 4) is 5.75 Å². The summed E-state index contributed by atoms with van der Waals surface area (Å²) in [6.07, 6.45) is -2.67. The molecular weight excluding hydrogens is 460 g/mol. The highest BCUT2D eigenvalue weighted by Crippen LogP contribution is 2.29. The van der Waals surface area contributed by atoms with Gasteiger partial charge in [-0.15, -0.1) is 38.0 Å². The van der Waals surface area contributed by atoms with Gasteiger partial charge in [0.15, 0.2) is 0 Å². The number of fused-ring (bicyclic) bond motifs is 1. The van der Waals surface area contributed by atoms with E-state index in [4.69, 9.17) is 0 Å². The van der Waals surface area contributed by atoms with Crippen molar-refractivity contribution in [2.24, 2.45) is 0 Å². The zero-order chi connectivity index (χ0) is 21.1. The van der Waals surface area contributed by atoms with Gasteiger partial charge in [0, 0.05) is 36.9 Å². The lowest BCUT2D eigenvalue weighted by molar-refractivity contribution is -0.274. The second-order valence-electron chi connectivity index (χ2n) is 7.79. The second kappa shape index (κ2) is 11.1. The molecule has 4 rings (SSSR count). The highest BCUT2D eigenvalue weighted by molar-refractivity contribution is 5.86. The van der Waals surface area contributed by atoms with Crippen LogP contribution in [0.25, 0.3) is 10.8 Å². The fourth-order valence-electron chi connectivity index (χ4n) is 4.30. The van der Waals surface area contributed by atoms with Crippen molar-refractivity contribution in [1.29, 1.82) is 0 Å². The third-order valence-electron chi connectivity index (χ3n) is 5.61. The first-order chi connectivity index (χ1) is 14.4. The van der Waals surface area contributed by atoms with E-state index in [2.05, 4.69) is 58.3 Å². The third-order valence-corrected chi connectivity index (χ3v) is 5.61. The molecule has 1 heterocycles. The summed E-state index contributed by atoms with van der Waals surface area (Å²) in [4.78, 5) is 2.13. The predicted octanol–water partition coefficient (Wildman–Crippen LogP) is 6.90. The number of ether oxygens (including phenoxy) is 1. The molecule has 0 radical (unpaired) electrons. The first kappa shape index (κ1) is 26.1. The molecule has 32 heavy (non-hydrogen) atoms. The summed E-state index contributed by atoms with van der Waals surface area (Å²) in [5.74, 6) is -0.181. The SMILES string of the molecule is C[C@@H](N[C@@H]1CCCN(c2cccc(OC(F)(F)F)c2)C1)c1cccc2ccccc12.Cl.Cl. The maximum Gasteiger partial charge on any atom is 0.573 e. The van der Waals surface area contributed by atoms with Crippen molar-refractivity contribution in [2.45, 2.75) is 38.2 Å². The smallest absolute Gasteiger partial charge is 0.406 e. The molecule has 0 bridgehead atoms. The van der Waals surface area contributed by atoms with Crippen LogP contribution in [0.2, 0.25) is 0 Å². The van der Waals surface area contributed by atoms with Crippen molar-refractivity contribution >= 4 is 41.3 Å². The van der Waals surface area contributed by atoms with Gasteiger partial charge in [-0.2, -0.15) is 0 Å². The highest BCUT2D eigenvalue weighted by Gasteiger charge is 2.31.